The molecule has 2 aromatic carbocycles. The van der Waals surface area contributed by atoms with Crippen molar-refractivity contribution in [2.45, 2.75) is 33.7 Å². The molecule has 0 aliphatic heterocycles. The summed E-state index contributed by atoms with van der Waals surface area (Å²) >= 11 is 0. The number of nitrogens with zero attached hydrogens (tertiary/aromatic N) is 2. The van der Waals surface area contributed by atoms with Crippen LogP contribution in [0.1, 0.15) is 40.9 Å². The molecule has 0 bridgehead atoms. The Morgan fingerprint density at radius 2 is 1.81 bits per heavy atom. The topological polar surface area (TPSA) is 95.5 Å². The first kappa shape index (κ1) is 22.7. The van der Waals surface area contributed by atoms with E-state index in [1.165, 1.54) is 12.5 Å². The highest BCUT2D eigenvalue weighted by Gasteiger charge is 2.12. The summed E-state index contributed by atoms with van der Waals surface area (Å²) in [4.78, 5) is 33.1. The van der Waals surface area contributed by atoms with Crippen LogP contribution in [0.5, 0.6) is 0 Å². The molecule has 7 heteroatoms. The van der Waals surface area contributed by atoms with E-state index in [9.17, 15) is 9.59 Å². The Hall–Kier alpha value is -4.00. The number of guanidine groups is 1. The van der Waals surface area contributed by atoms with Gasteiger partial charge in [-0.2, -0.15) is 0 Å². The number of nitrogens with one attached hydrogen (secondary N) is 3. The lowest BCUT2D eigenvalue weighted by Crippen LogP contribution is -2.36. The summed E-state index contributed by atoms with van der Waals surface area (Å²) in [6.07, 6.45) is 4.34. The molecule has 164 valence electrons. The van der Waals surface area contributed by atoms with Gasteiger partial charge in [-0.15, -0.1) is 0 Å². The van der Waals surface area contributed by atoms with Crippen molar-refractivity contribution in [1.29, 1.82) is 0 Å². The number of aromatic nitrogens is 1. The molecule has 0 spiro atoms. The highest BCUT2D eigenvalue weighted by Crippen LogP contribution is 2.17. The monoisotopic (exact) mass is 429 g/mol. The number of hydrogen-bond donors (Lipinski definition) is 3. The maximum atomic E-state index is 13.0. The first-order valence-electron chi connectivity index (χ1n) is 10.4. The fourth-order valence-electron chi connectivity index (χ4n) is 3.05. The number of carbonyl (C=O) groups excluding carboxylic acids is 2. The van der Waals surface area contributed by atoms with Crippen molar-refractivity contribution in [1.82, 2.24) is 10.3 Å². The van der Waals surface area contributed by atoms with Crippen LogP contribution in [0.3, 0.4) is 0 Å². The number of aliphatic imine (C=N–C) groups is 1. The molecule has 0 radical (unpaired) electrons. The molecular formula is C25H27N5O2. The van der Waals surface area contributed by atoms with Gasteiger partial charge < -0.3 is 10.6 Å². The largest absolute Gasteiger partial charge is 0.326 e. The van der Waals surface area contributed by atoms with Gasteiger partial charge in [0, 0.05) is 36.3 Å². The summed E-state index contributed by atoms with van der Waals surface area (Å²) < 4.78 is 0. The van der Waals surface area contributed by atoms with Crippen molar-refractivity contribution in [3.8, 4) is 0 Å². The summed E-state index contributed by atoms with van der Waals surface area (Å²) in [6.45, 7) is 5.75. The Labute approximate surface area is 188 Å². The van der Waals surface area contributed by atoms with Gasteiger partial charge in [0.05, 0.1) is 6.54 Å². The maximum absolute atomic E-state index is 13.0. The van der Waals surface area contributed by atoms with Crippen molar-refractivity contribution >= 4 is 29.1 Å². The Balaban J connectivity index is 1.84. The Morgan fingerprint density at radius 1 is 1.00 bits per heavy atom. The van der Waals surface area contributed by atoms with E-state index in [-0.39, 0.29) is 11.8 Å². The minimum absolute atomic E-state index is 0.193. The Kier molecular flexibility index (Phi) is 7.70. The molecule has 0 saturated heterocycles. The number of benzene rings is 2. The number of pyridine rings is 1. The highest BCUT2D eigenvalue weighted by molar-refractivity contribution is 6.10. The van der Waals surface area contributed by atoms with Crippen LogP contribution in [-0.2, 0) is 17.8 Å². The fourth-order valence-corrected chi connectivity index (χ4v) is 3.05. The molecule has 0 aliphatic rings. The Bertz CT molecular complexity index is 1130. The van der Waals surface area contributed by atoms with E-state index in [0.717, 1.165) is 23.2 Å². The van der Waals surface area contributed by atoms with Gasteiger partial charge in [-0.25, -0.2) is 4.99 Å². The van der Waals surface area contributed by atoms with E-state index in [1.54, 1.807) is 30.6 Å². The number of amides is 2. The van der Waals surface area contributed by atoms with Gasteiger partial charge in [0.1, 0.15) is 0 Å². The predicted octanol–water partition coefficient (Wildman–Crippen LogP) is 4.31. The van der Waals surface area contributed by atoms with Crippen LogP contribution in [0.15, 0.2) is 72.0 Å². The zero-order chi connectivity index (χ0) is 22.9. The van der Waals surface area contributed by atoms with E-state index in [1.807, 2.05) is 43.3 Å². The van der Waals surface area contributed by atoms with Gasteiger partial charge in [0.15, 0.2) is 0 Å². The lowest BCUT2D eigenvalue weighted by molar-refractivity contribution is -0.114. The summed E-state index contributed by atoms with van der Waals surface area (Å²) in [7, 11) is 0. The summed E-state index contributed by atoms with van der Waals surface area (Å²) in [5.74, 6) is -0.198. The van der Waals surface area contributed by atoms with Crippen LogP contribution < -0.4 is 16.0 Å². The minimum Gasteiger partial charge on any atom is -0.326 e. The average Bonchev–Trinajstić information content (AvgIpc) is 2.79. The van der Waals surface area contributed by atoms with Crippen LogP contribution in [0.25, 0.3) is 0 Å². The number of hydrogen-bond acceptors (Lipinski definition) is 4. The molecule has 3 aromatic rings. The van der Waals surface area contributed by atoms with Crippen LogP contribution in [0.2, 0.25) is 0 Å². The predicted molar refractivity (Wildman–Crippen MR) is 128 cm³/mol. The molecule has 0 saturated carbocycles. The van der Waals surface area contributed by atoms with E-state index < -0.39 is 0 Å². The second-order valence-electron chi connectivity index (χ2n) is 7.37. The van der Waals surface area contributed by atoms with E-state index in [2.05, 4.69) is 32.9 Å². The van der Waals surface area contributed by atoms with Crippen molar-refractivity contribution < 1.29 is 9.59 Å². The van der Waals surface area contributed by atoms with Crippen molar-refractivity contribution in [2.24, 2.45) is 4.99 Å². The van der Waals surface area contributed by atoms with Gasteiger partial charge in [-0.05, 0) is 60.4 Å². The van der Waals surface area contributed by atoms with Crippen LogP contribution in [-0.4, -0.2) is 22.8 Å². The molecule has 0 atom stereocenters. The zero-order valence-electron chi connectivity index (χ0n) is 18.5. The second-order valence-corrected chi connectivity index (χ2v) is 7.37. The molecule has 3 N–H and O–H groups in total. The normalized spacial score (nSPS) is 11.0. The lowest BCUT2D eigenvalue weighted by atomic mass is 10.1. The van der Waals surface area contributed by atoms with Gasteiger partial charge in [-0.1, -0.05) is 31.2 Å². The standard InChI is InChI=1S/C25H27N5O2/c1-4-19-7-5-9-22(13-19)29-25(27-16-20-8-6-12-26-15-20)30-24(32)21-11-10-17(2)23(14-21)28-18(3)31/h5-15H,4,16H2,1-3H3,(H,28,31)(H2,27,29,30,32). The van der Waals surface area contributed by atoms with Crippen molar-refractivity contribution in [3.05, 3.63) is 89.2 Å². The minimum atomic E-state index is -0.333. The fraction of sp³-hybridized carbons (Fsp3) is 0.200. The first-order valence-corrected chi connectivity index (χ1v) is 10.4. The molecule has 0 unspecified atom stereocenters. The Morgan fingerprint density at radius 3 is 2.53 bits per heavy atom. The average molecular weight is 430 g/mol. The van der Waals surface area contributed by atoms with Gasteiger partial charge in [0.2, 0.25) is 11.9 Å². The number of rotatable bonds is 6. The molecule has 1 heterocycles. The smallest absolute Gasteiger partial charge is 0.258 e. The third-order valence-corrected chi connectivity index (χ3v) is 4.78. The van der Waals surface area contributed by atoms with E-state index >= 15 is 0 Å². The molecule has 3 rings (SSSR count). The third kappa shape index (κ3) is 6.50. The number of anilines is 2. The first-order chi connectivity index (χ1) is 15.4. The van der Waals surface area contributed by atoms with Crippen LogP contribution >= 0.6 is 0 Å². The van der Waals surface area contributed by atoms with Crippen molar-refractivity contribution in [3.63, 3.8) is 0 Å². The third-order valence-electron chi connectivity index (χ3n) is 4.78. The summed E-state index contributed by atoms with van der Waals surface area (Å²) in [5.41, 5.74) is 4.81. The highest BCUT2D eigenvalue weighted by atomic mass is 16.2. The summed E-state index contributed by atoms with van der Waals surface area (Å²) in [6, 6.07) is 16.9. The van der Waals surface area contributed by atoms with Crippen LogP contribution in [0, 0.1) is 6.92 Å². The molecular weight excluding hydrogens is 402 g/mol. The lowest BCUT2D eigenvalue weighted by Gasteiger charge is -2.14. The molecule has 2 amide bonds. The van der Waals surface area contributed by atoms with Crippen LogP contribution in [0.4, 0.5) is 11.4 Å². The van der Waals surface area contributed by atoms with Gasteiger partial charge in [-0.3, -0.25) is 19.9 Å². The number of carbonyl (C=O) groups is 2. The molecule has 0 fully saturated rings. The van der Waals surface area contributed by atoms with Gasteiger partial charge >= 0.3 is 0 Å². The molecule has 32 heavy (non-hydrogen) atoms. The molecule has 7 nitrogen and oxygen atoms in total. The van der Waals surface area contributed by atoms with E-state index in [0.29, 0.717) is 23.8 Å². The quantitative estimate of drug-likeness (QED) is 0.402. The number of aryl methyl sites for hydroxylation is 2. The SMILES string of the molecule is CCc1cccc(NC(=NCc2cccnc2)NC(=O)c2ccc(C)c(NC(C)=O)c2)c1. The van der Waals surface area contributed by atoms with Gasteiger partial charge in [0.25, 0.3) is 5.91 Å². The molecule has 0 aliphatic carbocycles. The maximum Gasteiger partial charge on any atom is 0.258 e. The zero-order valence-corrected chi connectivity index (χ0v) is 18.5. The molecule has 1 aromatic heterocycles. The second kappa shape index (κ2) is 10.9. The van der Waals surface area contributed by atoms with Crippen molar-refractivity contribution in [2.75, 3.05) is 10.6 Å². The summed E-state index contributed by atoms with van der Waals surface area (Å²) in [5, 5.41) is 8.82. The van der Waals surface area contributed by atoms with E-state index in [4.69, 9.17) is 0 Å².